The van der Waals surface area contributed by atoms with Crippen molar-refractivity contribution in [2.24, 2.45) is 0 Å². The van der Waals surface area contributed by atoms with Gasteiger partial charge in [-0.25, -0.2) is 4.98 Å². The van der Waals surface area contributed by atoms with Gasteiger partial charge in [-0.15, -0.1) is 0 Å². The van der Waals surface area contributed by atoms with Gasteiger partial charge in [0.1, 0.15) is 5.82 Å². The number of halogens is 1. The normalized spacial score (nSPS) is 18.9. The Bertz CT molecular complexity index is 392. The Labute approximate surface area is 115 Å². The highest BCUT2D eigenvalue weighted by atomic mass is 35.5. The van der Waals surface area contributed by atoms with Crippen LogP contribution in [0.3, 0.4) is 0 Å². The Morgan fingerprint density at radius 3 is 2.56 bits per heavy atom. The number of piperidine rings is 1. The van der Waals surface area contributed by atoms with Crippen molar-refractivity contribution in [1.29, 1.82) is 0 Å². The van der Waals surface area contributed by atoms with E-state index < -0.39 is 0 Å². The third-order valence-electron chi connectivity index (χ3n) is 3.52. The Balaban J connectivity index is 1.87. The summed E-state index contributed by atoms with van der Waals surface area (Å²) in [5, 5.41) is 4.21. The lowest BCUT2D eigenvalue weighted by atomic mass is 9.98. The molecule has 0 bridgehead atoms. The van der Waals surface area contributed by atoms with Crippen LogP contribution < -0.4 is 5.32 Å². The number of anilines is 1. The van der Waals surface area contributed by atoms with Gasteiger partial charge in [-0.2, -0.15) is 0 Å². The van der Waals surface area contributed by atoms with Crippen molar-refractivity contribution in [3.8, 4) is 0 Å². The minimum Gasteiger partial charge on any atom is -0.367 e. The molecule has 0 atom stereocenters. The molecule has 2 rings (SSSR count). The van der Waals surface area contributed by atoms with E-state index in [1.807, 2.05) is 6.07 Å². The lowest BCUT2D eigenvalue weighted by molar-refractivity contribution is 0.106. The number of hydrogen-bond acceptors (Lipinski definition) is 3. The molecule has 1 aromatic heterocycles. The summed E-state index contributed by atoms with van der Waals surface area (Å²) in [7, 11) is 0. The molecule has 100 valence electrons. The van der Waals surface area contributed by atoms with Crippen LogP contribution in [0.1, 0.15) is 33.6 Å². The molecule has 1 aliphatic rings. The molecule has 18 heavy (non-hydrogen) atoms. The van der Waals surface area contributed by atoms with Crippen LogP contribution in [0.15, 0.2) is 18.3 Å². The molecule has 2 heterocycles. The van der Waals surface area contributed by atoms with E-state index in [1.165, 1.54) is 0 Å². The van der Waals surface area contributed by atoms with Gasteiger partial charge in [0, 0.05) is 35.9 Å². The molecular formula is C14H22ClN3. The highest BCUT2D eigenvalue weighted by molar-refractivity contribution is 6.30. The fourth-order valence-electron chi connectivity index (χ4n) is 2.39. The average molecular weight is 268 g/mol. The van der Waals surface area contributed by atoms with Crippen molar-refractivity contribution in [3.63, 3.8) is 0 Å². The second kappa shape index (κ2) is 5.45. The molecule has 0 aliphatic carbocycles. The van der Waals surface area contributed by atoms with Gasteiger partial charge in [-0.1, -0.05) is 11.6 Å². The SMILES string of the molecule is CC(C)(C)N1CCC(Nc2cc(Cl)ccn2)CC1. The van der Waals surface area contributed by atoms with E-state index >= 15 is 0 Å². The van der Waals surface area contributed by atoms with E-state index in [1.54, 1.807) is 12.3 Å². The highest BCUT2D eigenvalue weighted by Gasteiger charge is 2.26. The van der Waals surface area contributed by atoms with Crippen LogP contribution in [0.2, 0.25) is 5.02 Å². The van der Waals surface area contributed by atoms with Crippen LogP contribution >= 0.6 is 11.6 Å². The molecular weight excluding hydrogens is 246 g/mol. The average Bonchev–Trinajstić information content (AvgIpc) is 2.28. The molecule has 1 saturated heterocycles. The van der Waals surface area contributed by atoms with E-state index in [-0.39, 0.29) is 5.54 Å². The topological polar surface area (TPSA) is 28.2 Å². The molecule has 0 radical (unpaired) electrons. The highest BCUT2D eigenvalue weighted by Crippen LogP contribution is 2.22. The summed E-state index contributed by atoms with van der Waals surface area (Å²) < 4.78 is 0. The van der Waals surface area contributed by atoms with Crippen molar-refractivity contribution >= 4 is 17.4 Å². The van der Waals surface area contributed by atoms with Crippen molar-refractivity contribution in [2.75, 3.05) is 18.4 Å². The number of hydrogen-bond donors (Lipinski definition) is 1. The first-order valence-corrected chi connectivity index (χ1v) is 6.96. The second-order valence-corrected chi connectivity index (χ2v) is 6.37. The van der Waals surface area contributed by atoms with Crippen molar-refractivity contribution in [1.82, 2.24) is 9.88 Å². The fourth-order valence-corrected chi connectivity index (χ4v) is 2.55. The Morgan fingerprint density at radius 2 is 2.00 bits per heavy atom. The zero-order valence-electron chi connectivity index (χ0n) is 11.4. The largest absolute Gasteiger partial charge is 0.367 e. The van der Waals surface area contributed by atoms with Crippen LogP contribution in [-0.2, 0) is 0 Å². The summed E-state index contributed by atoms with van der Waals surface area (Å²) in [4.78, 5) is 6.83. The first-order chi connectivity index (χ1) is 8.45. The zero-order chi connectivity index (χ0) is 13.2. The van der Waals surface area contributed by atoms with Gasteiger partial charge in [-0.3, -0.25) is 4.90 Å². The summed E-state index contributed by atoms with van der Waals surface area (Å²) in [6.07, 6.45) is 4.06. The molecule has 1 fully saturated rings. The summed E-state index contributed by atoms with van der Waals surface area (Å²) in [6.45, 7) is 9.11. The lowest BCUT2D eigenvalue weighted by Crippen LogP contribution is -2.48. The van der Waals surface area contributed by atoms with Crippen molar-refractivity contribution < 1.29 is 0 Å². The van der Waals surface area contributed by atoms with Gasteiger partial charge < -0.3 is 5.32 Å². The number of aromatic nitrogens is 1. The predicted molar refractivity (Wildman–Crippen MR) is 77.2 cm³/mol. The van der Waals surface area contributed by atoms with E-state index in [0.717, 1.165) is 36.8 Å². The summed E-state index contributed by atoms with van der Waals surface area (Å²) in [5.41, 5.74) is 0.277. The molecule has 0 unspecified atom stereocenters. The number of nitrogens with one attached hydrogen (secondary N) is 1. The number of nitrogens with zero attached hydrogens (tertiary/aromatic N) is 2. The van der Waals surface area contributed by atoms with Crippen LogP contribution in [0.5, 0.6) is 0 Å². The van der Waals surface area contributed by atoms with Gasteiger partial charge >= 0.3 is 0 Å². The molecule has 4 heteroatoms. The van der Waals surface area contributed by atoms with Crippen LogP contribution in [0, 0.1) is 0 Å². The number of rotatable bonds is 2. The molecule has 1 N–H and O–H groups in total. The third kappa shape index (κ3) is 3.59. The second-order valence-electron chi connectivity index (χ2n) is 5.94. The molecule has 0 saturated carbocycles. The predicted octanol–water partition coefficient (Wildman–Crippen LogP) is 3.41. The van der Waals surface area contributed by atoms with Crippen molar-refractivity contribution in [2.45, 2.75) is 45.2 Å². The molecule has 3 nitrogen and oxygen atoms in total. The Hall–Kier alpha value is -0.800. The van der Waals surface area contributed by atoms with Crippen LogP contribution in [-0.4, -0.2) is 34.6 Å². The standard InChI is InChI=1S/C14H22ClN3/c1-14(2,3)18-8-5-12(6-9-18)17-13-10-11(15)4-7-16-13/h4,7,10,12H,5-6,8-9H2,1-3H3,(H,16,17). The van der Waals surface area contributed by atoms with E-state index in [2.05, 4.69) is 36.0 Å². The smallest absolute Gasteiger partial charge is 0.127 e. The van der Waals surface area contributed by atoms with Crippen LogP contribution in [0.4, 0.5) is 5.82 Å². The van der Waals surface area contributed by atoms with E-state index in [0.29, 0.717) is 6.04 Å². The number of pyridine rings is 1. The van der Waals surface area contributed by atoms with Gasteiger partial charge in [-0.05, 0) is 45.7 Å². The first kappa shape index (κ1) is 13.6. The van der Waals surface area contributed by atoms with Gasteiger partial charge in [0.25, 0.3) is 0 Å². The Morgan fingerprint density at radius 1 is 1.33 bits per heavy atom. The van der Waals surface area contributed by atoms with Gasteiger partial charge in [0.05, 0.1) is 0 Å². The van der Waals surface area contributed by atoms with Crippen LogP contribution in [0.25, 0.3) is 0 Å². The van der Waals surface area contributed by atoms with Crippen molar-refractivity contribution in [3.05, 3.63) is 23.4 Å². The summed E-state index contributed by atoms with van der Waals surface area (Å²) in [5.74, 6) is 0.886. The third-order valence-corrected chi connectivity index (χ3v) is 3.75. The molecule has 0 aromatic carbocycles. The fraction of sp³-hybridized carbons (Fsp3) is 0.643. The summed E-state index contributed by atoms with van der Waals surface area (Å²) >= 11 is 5.96. The zero-order valence-corrected chi connectivity index (χ0v) is 12.2. The minimum absolute atomic E-state index is 0.277. The quantitative estimate of drug-likeness (QED) is 0.890. The van der Waals surface area contributed by atoms with Gasteiger partial charge in [0.2, 0.25) is 0 Å². The maximum atomic E-state index is 5.96. The molecule has 0 spiro atoms. The molecule has 0 amide bonds. The molecule has 1 aromatic rings. The lowest BCUT2D eigenvalue weighted by Gasteiger charge is -2.41. The van der Waals surface area contributed by atoms with E-state index in [9.17, 15) is 0 Å². The maximum absolute atomic E-state index is 5.96. The van der Waals surface area contributed by atoms with E-state index in [4.69, 9.17) is 11.6 Å². The Kier molecular flexibility index (Phi) is 4.13. The minimum atomic E-state index is 0.277. The maximum Gasteiger partial charge on any atom is 0.127 e. The van der Waals surface area contributed by atoms with Gasteiger partial charge in [0.15, 0.2) is 0 Å². The monoisotopic (exact) mass is 267 g/mol. The first-order valence-electron chi connectivity index (χ1n) is 6.58. The molecule has 1 aliphatic heterocycles. The summed E-state index contributed by atoms with van der Waals surface area (Å²) in [6, 6.07) is 4.20. The number of likely N-dealkylation sites (tertiary alicyclic amines) is 1.